The third-order valence-corrected chi connectivity index (χ3v) is 2.84. The summed E-state index contributed by atoms with van der Waals surface area (Å²) in [5.41, 5.74) is 2.69. The van der Waals surface area contributed by atoms with Crippen LogP contribution < -0.4 is 17.3 Å². The van der Waals surface area contributed by atoms with E-state index in [1.165, 1.54) is 16.0 Å². The Bertz CT molecular complexity index is 412. The van der Waals surface area contributed by atoms with Gasteiger partial charge in [-0.1, -0.05) is 60.7 Å². The summed E-state index contributed by atoms with van der Waals surface area (Å²) in [6.45, 7) is 5.89. The van der Waals surface area contributed by atoms with Crippen molar-refractivity contribution in [2.45, 2.75) is 13.1 Å². The SMILES string of the molecule is C=C[NH+](Cc1ccccc1)Cc1ccccc1.[Cl-]. The zero-order valence-corrected chi connectivity index (χ0v) is 11.1. The van der Waals surface area contributed by atoms with Crippen LogP contribution in [0.4, 0.5) is 0 Å². The lowest BCUT2D eigenvalue weighted by Crippen LogP contribution is -3.04. The molecule has 0 aliphatic rings. The second kappa shape index (κ2) is 7.70. The van der Waals surface area contributed by atoms with Crippen LogP contribution in [0.25, 0.3) is 0 Å². The van der Waals surface area contributed by atoms with Crippen LogP contribution in [0.15, 0.2) is 73.4 Å². The van der Waals surface area contributed by atoms with E-state index in [4.69, 9.17) is 0 Å². The summed E-state index contributed by atoms with van der Waals surface area (Å²) in [7, 11) is 0. The van der Waals surface area contributed by atoms with Crippen molar-refractivity contribution in [3.63, 3.8) is 0 Å². The number of nitrogens with one attached hydrogen (secondary N) is 1. The highest BCUT2D eigenvalue weighted by Gasteiger charge is 2.06. The highest BCUT2D eigenvalue weighted by molar-refractivity contribution is 5.15. The topological polar surface area (TPSA) is 4.44 Å². The van der Waals surface area contributed by atoms with Gasteiger partial charge in [-0.25, -0.2) is 0 Å². The van der Waals surface area contributed by atoms with E-state index in [-0.39, 0.29) is 12.4 Å². The van der Waals surface area contributed by atoms with Crippen LogP contribution in [0, 0.1) is 0 Å². The van der Waals surface area contributed by atoms with Gasteiger partial charge in [0.05, 0.1) is 6.20 Å². The Morgan fingerprint density at radius 1 is 0.778 bits per heavy atom. The number of rotatable bonds is 5. The Balaban J connectivity index is 0.00000162. The molecule has 0 saturated carbocycles. The fraction of sp³-hybridized carbons (Fsp3) is 0.125. The summed E-state index contributed by atoms with van der Waals surface area (Å²) >= 11 is 0. The molecular formula is C16H18ClN. The molecule has 0 radical (unpaired) electrons. The molecule has 0 fully saturated rings. The zero-order chi connectivity index (χ0) is 11.9. The zero-order valence-electron chi connectivity index (χ0n) is 10.4. The molecule has 2 rings (SSSR count). The van der Waals surface area contributed by atoms with Crippen molar-refractivity contribution in [2.24, 2.45) is 0 Å². The van der Waals surface area contributed by atoms with Crippen molar-refractivity contribution in [3.05, 3.63) is 84.6 Å². The van der Waals surface area contributed by atoms with Gasteiger partial charge >= 0.3 is 0 Å². The van der Waals surface area contributed by atoms with Gasteiger partial charge < -0.3 is 17.3 Å². The second-order valence-corrected chi connectivity index (χ2v) is 4.19. The first-order valence-corrected chi connectivity index (χ1v) is 5.93. The molecule has 0 spiro atoms. The van der Waals surface area contributed by atoms with Gasteiger partial charge in [-0.05, 0) is 6.58 Å². The molecule has 0 atom stereocenters. The number of halogens is 1. The lowest BCUT2D eigenvalue weighted by molar-refractivity contribution is -0.875. The maximum atomic E-state index is 3.92. The molecule has 0 aliphatic heterocycles. The predicted molar refractivity (Wildman–Crippen MR) is 71.5 cm³/mol. The van der Waals surface area contributed by atoms with Crippen LogP contribution >= 0.6 is 0 Å². The minimum atomic E-state index is 0. The summed E-state index contributed by atoms with van der Waals surface area (Å²) in [6.07, 6.45) is 1.99. The van der Waals surface area contributed by atoms with Gasteiger partial charge in [0, 0.05) is 11.1 Å². The van der Waals surface area contributed by atoms with Crippen molar-refractivity contribution in [2.75, 3.05) is 0 Å². The van der Waals surface area contributed by atoms with Gasteiger partial charge in [0.2, 0.25) is 0 Å². The number of hydrogen-bond acceptors (Lipinski definition) is 0. The average molecular weight is 260 g/mol. The maximum Gasteiger partial charge on any atom is 0.107 e. The molecule has 0 bridgehead atoms. The Hall–Kier alpha value is -1.57. The van der Waals surface area contributed by atoms with Gasteiger partial charge in [-0.15, -0.1) is 0 Å². The van der Waals surface area contributed by atoms with E-state index in [1.54, 1.807) is 0 Å². The van der Waals surface area contributed by atoms with Crippen LogP contribution in [0.1, 0.15) is 11.1 Å². The van der Waals surface area contributed by atoms with E-state index in [0.717, 1.165) is 13.1 Å². The smallest absolute Gasteiger partial charge is 0.107 e. The molecule has 0 saturated heterocycles. The standard InChI is InChI=1S/C16H17N.ClH/c1-2-17(13-15-9-5-3-6-10-15)14-16-11-7-4-8-12-16;/h2-12H,1,13-14H2;1H. The molecule has 0 aliphatic carbocycles. The quantitative estimate of drug-likeness (QED) is 0.733. The van der Waals surface area contributed by atoms with Gasteiger partial charge in [0.15, 0.2) is 0 Å². The molecule has 0 unspecified atom stereocenters. The molecule has 2 aromatic carbocycles. The van der Waals surface area contributed by atoms with Gasteiger partial charge in [0.25, 0.3) is 0 Å². The van der Waals surface area contributed by atoms with Gasteiger partial charge in [-0.3, -0.25) is 0 Å². The third kappa shape index (κ3) is 4.36. The third-order valence-electron chi connectivity index (χ3n) is 2.84. The lowest BCUT2D eigenvalue weighted by Gasteiger charge is -2.14. The molecule has 0 amide bonds. The fourth-order valence-electron chi connectivity index (χ4n) is 1.92. The highest BCUT2D eigenvalue weighted by Crippen LogP contribution is 1.98. The van der Waals surface area contributed by atoms with Crippen molar-refractivity contribution in [1.82, 2.24) is 0 Å². The normalized spacial score (nSPS) is 9.83. The van der Waals surface area contributed by atoms with E-state index in [2.05, 4.69) is 55.1 Å². The average Bonchev–Trinajstić information content (AvgIpc) is 2.40. The number of quaternary nitrogens is 1. The summed E-state index contributed by atoms with van der Waals surface area (Å²) in [6, 6.07) is 21.1. The fourth-order valence-corrected chi connectivity index (χ4v) is 1.92. The van der Waals surface area contributed by atoms with Gasteiger partial charge in [-0.2, -0.15) is 0 Å². The van der Waals surface area contributed by atoms with E-state index in [9.17, 15) is 0 Å². The highest BCUT2D eigenvalue weighted by atomic mass is 35.5. The predicted octanol–water partition coefficient (Wildman–Crippen LogP) is -0.581. The largest absolute Gasteiger partial charge is 1.00 e. The second-order valence-electron chi connectivity index (χ2n) is 4.19. The van der Waals surface area contributed by atoms with E-state index >= 15 is 0 Å². The van der Waals surface area contributed by atoms with Crippen molar-refractivity contribution in [1.29, 1.82) is 0 Å². The maximum absolute atomic E-state index is 3.92. The molecule has 2 aromatic rings. The molecule has 1 N–H and O–H groups in total. The van der Waals surface area contributed by atoms with Crippen molar-refractivity contribution < 1.29 is 17.3 Å². The monoisotopic (exact) mass is 259 g/mol. The Morgan fingerprint density at radius 3 is 1.50 bits per heavy atom. The van der Waals surface area contributed by atoms with E-state index < -0.39 is 0 Å². The summed E-state index contributed by atoms with van der Waals surface area (Å²) in [5.74, 6) is 0. The molecule has 0 heterocycles. The first-order valence-electron chi connectivity index (χ1n) is 5.93. The Kier molecular flexibility index (Phi) is 6.20. The number of benzene rings is 2. The summed E-state index contributed by atoms with van der Waals surface area (Å²) < 4.78 is 0. The van der Waals surface area contributed by atoms with Crippen LogP contribution in [0.2, 0.25) is 0 Å². The molecule has 1 nitrogen and oxygen atoms in total. The minimum Gasteiger partial charge on any atom is -1.00 e. The lowest BCUT2D eigenvalue weighted by atomic mass is 10.2. The molecule has 94 valence electrons. The van der Waals surface area contributed by atoms with Crippen molar-refractivity contribution in [3.8, 4) is 0 Å². The Labute approximate surface area is 115 Å². The van der Waals surface area contributed by atoms with Crippen LogP contribution in [-0.4, -0.2) is 0 Å². The first kappa shape index (κ1) is 14.5. The first-order chi connectivity index (χ1) is 8.38. The van der Waals surface area contributed by atoms with Gasteiger partial charge in [0.1, 0.15) is 13.1 Å². The van der Waals surface area contributed by atoms with Crippen molar-refractivity contribution >= 4 is 0 Å². The summed E-state index contributed by atoms with van der Waals surface area (Å²) in [4.78, 5) is 1.36. The Morgan fingerprint density at radius 2 is 1.17 bits per heavy atom. The molecule has 0 aromatic heterocycles. The number of hydrogen-bond donors (Lipinski definition) is 1. The van der Waals surface area contributed by atoms with E-state index in [0.29, 0.717) is 0 Å². The van der Waals surface area contributed by atoms with Crippen LogP contribution in [-0.2, 0) is 13.1 Å². The minimum absolute atomic E-state index is 0. The van der Waals surface area contributed by atoms with E-state index in [1.807, 2.05) is 18.3 Å². The molecular weight excluding hydrogens is 242 g/mol. The molecule has 18 heavy (non-hydrogen) atoms. The van der Waals surface area contributed by atoms with Crippen LogP contribution in [0.5, 0.6) is 0 Å². The van der Waals surface area contributed by atoms with Crippen LogP contribution in [0.3, 0.4) is 0 Å². The summed E-state index contributed by atoms with van der Waals surface area (Å²) in [5, 5.41) is 0. The molecule has 2 heteroatoms.